The number of rotatable bonds is 5. The molecule has 18 heavy (non-hydrogen) atoms. The SMILES string of the molecule is CNCC(O)c1ccc(O)c(OS(=O)(=O)[O-])c1.[Na+]. The van der Waals surface area contributed by atoms with E-state index < -0.39 is 28.0 Å². The van der Waals surface area contributed by atoms with Gasteiger partial charge in [0.25, 0.3) is 10.4 Å². The zero-order chi connectivity index (χ0) is 13.1. The molecule has 1 aromatic rings. The Balaban J connectivity index is 0.00000289. The molecule has 3 N–H and O–H groups in total. The molecular formula is C9H12NNaO6S. The fraction of sp³-hybridized carbons (Fsp3) is 0.333. The van der Waals surface area contributed by atoms with E-state index in [1.807, 2.05) is 0 Å². The molecule has 1 rings (SSSR count). The molecule has 1 unspecified atom stereocenters. The third-order valence-corrected chi connectivity index (χ3v) is 2.34. The Kier molecular flexibility index (Phi) is 7.15. The Bertz CT molecular complexity index is 492. The van der Waals surface area contributed by atoms with Crippen molar-refractivity contribution in [1.82, 2.24) is 5.32 Å². The number of aliphatic hydroxyl groups is 1. The van der Waals surface area contributed by atoms with Gasteiger partial charge < -0.3 is 24.3 Å². The van der Waals surface area contributed by atoms with Crippen molar-refractivity contribution in [2.75, 3.05) is 13.6 Å². The van der Waals surface area contributed by atoms with Crippen LogP contribution in [0, 0.1) is 0 Å². The molecule has 0 aromatic heterocycles. The van der Waals surface area contributed by atoms with E-state index in [2.05, 4.69) is 9.50 Å². The molecule has 7 nitrogen and oxygen atoms in total. The van der Waals surface area contributed by atoms with E-state index in [4.69, 9.17) is 0 Å². The molecule has 1 atom stereocenters. The molecule has 0 amide bonds. The van der Waals surface area contributed by atoms with Gasteiger partial charge in [-0.15, -0.1) is 0 Å². The second-order valence-electron chi connectivity index (χ2n) is 3.29. The largest absolute Gasteiger partial charge is 1.00 e. The van der Waals surface area contributed by atoms with Gasteiger partial charge in [-0.2, -0.15) is 0 Å². The quantitative estimate of drug-likeness (QED) is 0.291. The van der Waals surface area contributed by atoms with Crippen molar-refractivity contribution in [1.29, 1.82) is 0 Å². The number of hydrogen-bond donors (Lipinski definition) is 3. The number of hydrogen-bond acceptors (Lipinski definition) is 7. The van der Waals surface area contributed by atoms with E-state index in [0.717, 1.165) is 12.1 Å². The number of aromatic hydroxyl groups is 1. The Hall–Kier alpha value is -0.350. The summed E-state index contributed by atoms with van der Waals surface area (Å²) in [5.41, 5.74) is 0.316. The normalized spacial score (nSPS) is 12.6. The summed E-state index contributed by atoms with van der Waals surface area (Å²) in [6.07, 6.45) is -0.905. The van der Waals surface area contributed by atoms with E-state index in [1.165, 1.54) is 6.07 Å². The van der Waals surface area contributed by atoms with Crippen LogP contribution in [0.2, 0.25) is 0 Å². The molecule has 0 spiro atoms. The van der Waals surface area contributed by atoms with Crippen molar-refractivity contribution in [3.05, 3.63) is 23.8 Å². The van der Waals surface area contributed by atoms with Gasteiger partial charge >= 0.3 is 29.6 Å². The van der Waals surface area contributed by atoms with Crippen LogP contribution in [0.5, 0.6) is 11.5 Å². The predicted molar refractivity (Wildman–Crippen MR) is 57.3 cm³/mol. The summed E-state index contributed by atoms with van der Waals surface area (Å²) in [5.74, 6) is -1.00. The Labute approximate surface area is 127 Å². The molecule has 0 saturated heterocycles. The van der Waals surface area contributed by atoms with Gasteiger partial charge in [-0.3, -0.25) is 0 Å². The minimum Gasteiger partial charge on any atom is -0.716 e. The third-order valence-electron chi connectivity index (χ3n) is 1.96. The van der Waals surface area contributed by atoms with Crippen LogP contribution in [0.4, 0.5) is 0 Å². The monoisotopic (exact) mass is 285 g/mol. The van der Waals surface area contributed by atoms with Crippen LogP contribution in [0.15, 0.2) is 18.2 Å². The van der Waals surface area contributed by atoms with Crippen LogP contribution in [-0.2, 0) is 10.4 Å². The molecule has 0 aliphatic heterocycles. The van der Waals surface area contributed by atoms with Gasteiger partial charge in [0.1, 0.15) is 0 Å². The fourth-order valence-corrected chi connectivity index (χ4v) is 1.58. The minimum atomic E-state index is -4.96. The van der Waals surface area contributed by atoms with E-state index in [0.29, 0.717) is 5.56 Å². The number of nitrogens with one attached hydrogen (secondary N) is 1. The number of aliphatic hydroxyl groups excluding tert-OH is 1. The molecule has 0 saturated carbocycles. The number of phenols is 1. The van der Waals surface area contributed by atoms with E-state index >= 15 is 0 Å². The maximum atomic E-state index is 10.4. The Morgan fingerprint density at radius 3 is 2.61 bits per heavy atom. The minimum absolute atomic E-state index is 0. The number of phenolic OH excluding ortho intramolecular Hbond substituents is 1. The fourth-order valence-electron chi connectivity index (χ4n) is 1.23. The van der Waals surface area contributed by atoms with Crippen molar-refractivity contribution in [3.63, 3.8) is 0 Å². The Morgan fingerprint density at radius 2 is 2.11 bits per heavy atom. The molecule has 96 valence electrons. The van der Waals surface area contributed by atoms with E-state index in [9.17, 15) is 23.2 Å². The van der Waals surface area contributed by atoms with Gasteiger partial charge in [-0.05, 0) is 24.7 Å². The molecule has 1 aromatic carbocycles. The molecule has 0 fully saturated rings. The topological polar surface area (TPSA) is 119 Å². The summed E-state index contributed by atoms with van der Waals surface area (Å²) in [4.78, 5) is 0. The van der Waals surface area contributed by atoms with Crippen molar-refractivity contribution in [2.45, 2.75) is 6.10 Å². The summed E-state index contributed by atoms with van der Waals surface area (Å²) in [7, 11) is -3.33. The van der Waals surface area contributed by atoms with Gasteiger partial charge in [-0.1, -0.05) is 6.07 Å². The molecule has 9 heteroatoms. The van der Waals surface area contributed by atoms with Gasteiger partial charge in [0.15, 0.2) is 11.5 Å². The summed E-state index contributed by atoms with van der Waals surface area (Å²) in [6, 6.07) is 3.61. The molecule has 0 heterocycles. The zero-order valence-electron chi connectivity index (χ0n) is 9.95. The van der Waals surface area contributed by atoms with Gasteiger partial charge in [0, 0.05) is 6.54 Å². The number of likely N-dealkylation sites (N-methyl/N-ethyl adjacent to an activating group) is 1. The van der Waals surface area contributed by atoms with E-state index in [-0.39, 0.29) is 36.1 Å². The van der Waals surface area contributed by atoms with Gasteiger partial charge in [-0.25, -0.2) is 8.42 Å². The van der Waals surface area contributed by atoms with Crippen molar-refractivity contribution in [3.8, 4) is 11.5 Å². The zero-order valence-corrected chi connectivity index (χ0v) is 12.8. The molecular weight excluding hydrogens is 273 g/mol. The van der Waals surface area contributed by atoms with Crippen LogP contribution in [0.1, 0.15) is 11.7 Å². The van der Waals surface area contributed by atoms with Gasteiger partial charge in [0.2, 0.25) is 0 Å². The van der Waals surface area contributed by atoms with E-state index in [1.54, 1.807) is 7.05 Å². The predicted octanol–water partition coefficient (Wildman–Crippen LogP) is -3.51. The second-order valence-corrected chi connectivity index (χ2v) is 4.28. The third kappa shape index (κ3) is 5.53. The molecule has 0 aliphatic carbocycles. The average Bonchev–Trinajstić information content (AvgIpc) is 2.19. The maximum Gasteiger partial charge on any atom is 1.00 e. The summed E-state index contributed by atoms with van der Waals surface area (Å²) >= 11 is 0. The molecule has 0 bridgehead atoms. The van der Waals surface area contributed by atoms with Crippen molar-refractivity contribution >= 4 is 10.4 Å². The summed E-state index contributed by atoms with van der Waals surface area (Å²) in [6.45, 7) is 0.230. The van der Waals surface area contributed by atoms with Crippen LogP contribution in [-0.4, -0.2) is 36.8 Å². The first-order valence-electron chi connectivity index (χ1n) is 4.64. The van der Waals surface area contributed by atoms with Crippen LogP contribution in [0.25, 0.3) is 0 Å². The standard InChI is InChI=1S/C9H13NO6S.Na/c1-10-5-8(12)6-2-3-7(11)9(4-6)16-17(13,14)15;/h2-4,8,10-12H,5H2,1H3,(H,13,14,15);/q;+1/p-1. The van der Waals surface area contributed by atoms with Crippen molar-refractivity contribution in [2.24, 2.45) is 0 Å². The van der Waals surface area contributed by atoms with Crippen molar-refractivity contribution < 1.29 is 56.9 Å². The first-order valence-corrected chi connectivity index (χ1v) is 5.97. The number of benzene rings is 1. The molecule has 0 radical (unpaired) electrons. The maximum absolute atomic E-state index is 10.4. The summed E-state index contributed by atoms with van der Waals surface area (Å²) in [5, 5.41) is 21.6. The van der Waals surface area contributed by atoms with Crippen LogP contribution >= 0.6 is 0 Å². The first-order chi connectivity index (χ1) is 7.83. The second kappa shape index (κ2) is 7.29. The van der Waals surface area contributed by atoms with Crippen LogP contribution < -0.4 is 39.1 Å². The average molecular weight is 285 g/mol. The van der Waals surface area contributed by atoms with Crippen LogP contribution in [0.3, 0.4) is 0 Å². The first kappa shape index (κ1) is 17.6. The van der Waals surface area contributed by atoms with Gasteiger partial charge in [0.05, 0.1) is 6.10 Å². The smallest absolute Gasteiger partial charge is 0.716 e. The molecule has 0 aliphatic rings. The summed E-state index contributed by atoms with van der Waals surface area (Å²) < 4.78 is 35.2. The Morgan fingerprint density at radius 1 is 1.50 bits per heavy atom.